The summed E-state index contributed by atoms with van der Waals surface area (Å²) in [4.78, 5) is 31.7. The second kappa shape index (κ2) is 8.55. The summed E-state index contributed by atoms with van der Waals surface area (Å²) in [6, 6.07) is 8.05. The number of carbonyl (C=O) groups is 2. The van der Waals surface area contributed by atoms with Crippen LogP contribution in [0.2, 0.25) is 0 Å². The maximum atomic E-state index is 13.0. The molecule has 1 saturated heterocycles. The minimum atomic E-state index is -3.37. The van der Waals surface area contributed by atoms with E-state index < -0.39 is 21.7 Å². The van der Waals surface area contributed by atoms with Crippen LogP contribution in [0.25, 0.3) is 0 Å². The number of nitrogens with zero attached hydrogens (tertiary/aromatic N) is 2. The molecule has 2 heterocycles. The Kier molecular flexibility index (Phi) is 6.26. The number of anilines is 1. The number of rotatable bonds is 3. The first-order chi connectivity index (χ1) is 14.1. The highest BCUT2D eigenvalue weighted by Crippen LogP contribution is 2.34. The zero-order chi connectivity index (χ0) is 22.1. The van der Waals surface area contributed by atoms with Crippen molar-refractivity contribution in [1.29, 1.82) is 0 Å². The van der Waals surface area contributed by atoms with E-state index in [9.17, 15) is 18.0 Å². The summed E-state index contributed by atoms with van der Waals surface area (Å²) in [6.07, 6.45) is 4.24. The third-order valence-corrected chi connectivity index (χ3v) is 6.65. The molecule has 8 heteroatoms. The van der Waals surface area contributed by atoms with Gasteiger partial charge in [0.25, 0.3) is 0 Å². The Morgan fingerprint density at radius 1 is 1.17 bits per heavy atom. The van der Waals surface area contributed by atoms with Crippen molar-refractivity contribution < 1.29 is 18.0 Å². The Balaban J connectivity index is 1.86. The van der Waals surface area contributed by atoms with Gasteiger partial charge in [-0.15, -0.1) is 0 Å². The summed E-state index contributed by atoms with van der Waals surface area (Å²) in [7, 11) is -3.37. The number of hydrogen-bond donors (Lipinski definition) is 1. The smallest absolute Gasteiger partial charge is 0.313 e. The second-order valence-corrected chi connectivity index (χ2v) is 10.1. The van der Waals surface area contributed by atoms with E-state index in [1.54, 1.807) is 29.2 Å². The molecule has 1 aromatic heterocycles. The van der Waals surface area contributed by atoms with Gasteiger partial charge in [0, 0.05) is 18.5 Å². The van der Waals surface area contributed by atoms with Crippen molar-refractivity contribution in [1.82, 2.24) is 9.88 Å². The molecule has 0 spiro atoms. The molecule has 1 aromatic carbocycles. The minimum absolute atomic E-state index is 0.205. The number of hydrogen-bond acceptors (Lipinski definition) is 5. The lowest BCUT2D eigenvalue weighted by molar-refractivity contribution is -0.146. The van der Waals surface area contributed by atoms with Gasteiger partial charge in [-0.3, -0.25) is 14.6 Å². The maximum absolute atomic E-state index is 13.0. The topological polar surface area (TPSA) is 96.4 Å². The summed E-state index contributed by atoms with van der Waals surface area (Å²) in [5.74, 6) is -1.10. The van der Waals surface area contributed by atoms with E-state index in [-0.39, 0.29) is 16.9 Å². The van der Waals surface area contributed by atoms with Gasteiger partial charge in [-0.2, -0.15) is 0 Å². The molecular weight excluding hydrogens is 402 g/mol. The van der Waals surface area contributed by atoms with Gasteiger partial charge in [0.05, 0.1) is 22.8 Å². The fourth-order valence-electron chi connectivity index (χ4n) is 3.70. The molecular formula is C22H27N3O4S. The third-order valence-electron chi connectivity index (χ3n) is 5.54. The van der Waals surface area contributed by atoms with Crippen LogP contribution in [0.4, 0.5) is 5.69 Å². The lowest BCUT2D eigenvalue weighted by Crippen LogP contribution is -2.46. The Hall–Kier alpha value is -2.74. The molecule has 30 heavy (non-hydrogen) atoms. The quantitative estimate of drug-likeness (QED) is 0.757. The van der Waals surface area contributed by atoms with E-state index in [1.165, 1.54) is 12.3 Å². The highest BCUT2D eigenvalue weighted by Gasteiger charge is 2.34. The molecule has 1 aliphatic rings. The predicted molar refractivity (Wildman–Crippen MR) is 115 cm³/mol. The van der Waals surface area contributed by atoms with E-state index in [1.807, 2.05) is 20.8 Å². The van der Waals surface area contributed by atoms with Crippen LogP contribution in [0.15, 0.2) is 41.4 Å². The van der Waals surface area contributed by atoms with Crippen LogP contribution in [0.3, 0.4) is 0 Å². The number of aromatic nitrogens is 1. The zero-order valence-electron chi connectivity index (χ0n) is 17.7. The Morgan fingerprint density at radius 2 is 1.90 bits per heavy atom. The summed E-state index contributed by atoms with van der Waals surface area (Å²) in [6.45, 7) is 6.23. The van der Waals surface area contributed by atoms with Crippen molar-refractivity contribution in [2.75, 3.05) is 18.1 Å². The fourth-order valence-corrected chi connectivity index (χ4v) is 4.38. The number of amides is 2. The standard InChI is InChI=1S/C22H27N3O4S/c1-14-8-9-20(17-6-5-7-19(11-17)30(4,28)29)25(13-14)22(27)21(26)24-18-10-15(2)16(3)23-12-18/h5-7,10-12,14,20H,8-9,13H2,1-4H3,(H,24,26). The molecule has 3 rings (SSSR count). The minimum Gasteiger partial charge on any atom is -0.327 e. The normalized spacial score (nSPS) is 19.4. The van der Waals surface area contributed by atoms with Crippen molar-refractivity contribution in [2.45, 2.75) is 44.6 Å². The molecule has 2 amide bonds. The molecule has 2 aromatic rings. The molecule has 1 aliphatic heterocycles. The highest BCUT2D eigenvalue weighted by molar-refractivity contribution is 7.90. The van der Waals surface area contributed by atoms with Crippen LogP contribution in [-0.4, -0.2) is 42.9 Å². The Morgan fingerprint density at radius 3 is 2.57 bits per heavy atom. The van der Waals surface area contributed by atoms with Crippen molar-refractivity contribution in [2.24, 2.45) is 5.92 Å². The van der Waals surface area contributed by atoms with Crippen molar-refractivity contribution >= 4 is 27.3 Å². The lowest BCUT2D eigenvalue weighted by Gasteiger charge is -2.38. The summed E-state index contributed by atoms with van der Waals surface area (Å²) >= 11 is 0. The van der Waals surface area contributed by atoms with E-state index in [0.717, 1.165) is 29.5 Å². The van der Waals surface area contributed by atoms with Gasteiger partial charge in [0.1, 0.15) is 0 Å². The van der Waals surface area contributed by atoms with Crippen LogP contribution in [0.1, 0.15) is 42.6 Å². The average molecular weight is 430 g/mol. The number of pyridine rings is 1. The molecule has 160 valence electrons. The second-order valence-electron chi connectivity index (χ2n) is 8.08. The number of benzene rings is 1. The first-order valence-electron chi connectivity index (χ1n) is 9.91. The molecule has 2 atom stereocenters. The largest absolute Gasteiger partial charge is 0.327 e. The number of carbonyl (C=O) groups excluding carboxylic acids is 2. The molecule has 0 bridgehead atoms. The van der Waals surface area contributed by atoms with Gasteiger partial charge >= 0.3 is 11.8 Å². The zero-order valence-corrected chi connectivity index (χ0v) is 18.5. The molecule has 0 aliphatic carbocycles. The Bertz CT molecular complexity index is 1080. The summed E-state index contributed by atoms with van der Waals surface area (Å²) in [5.41, 5.74) is 2.97. The van der Waals surface area contributed by atoms with Crippen LogP contribution in [0.5, 0.6) is 0 Å². The van der Waals surface area contributed by atoms with Gasteiger partial charge in [-0.1, -0.05) is 19.1 Å². The van der Waals surface area contributed by atoms with Crippen LogP contribution < -0.4 is 5.32 Å². The molecule has 1 N–H and O–H groups in total. The van der Waals surface area contributed by atoms with Crippen LogP contribution in [0, 0.1) is 19.8 Å². The first kappa shape index (κ1) is 22.0. The van der Waals surface area contributed by atoms with Crippen LogP contribution in [-0.2, 0) is 19.4 Å². The number of piperidine rings is 1. The van der Waals surface area contributed by atoms with Crippen molar-refractivity contribution in [3.63, 3.8) is 0 Å². The van der Waals surface area contributed by atoms with E-state index in [0.29, 0.717) is 18.7 Å². The van der Waals surface area contributed by atoms with Crippen molar-refractivity contribution in [3.8, 4) is 0 Å². The maximum Gasteiger partial charge on any atom is 0.313 e. The van der Waals surface area contributed by atoms with Gasteiger partial charge in [0.15, 0.2) is 9.84 Å². The van der Waals surface area contributed by atoms with E-state index in [4.69, 9.17) is 0 Å². The molecule has 1 fully saturated rings. The highest BCUT2D eigenvalue weighted by atomic mass is 32.2. The van der Waals surface area contributed by atoms with Gasteiger partial charge in [-0.05, 0) is 61.9 Å². The third kappa shape index (κ3) is 4.87. The van der Waals surface area contributed by atoms with Gasteiger partial charge in [-0.25, -0.2) is 8.42 Å². The average Bonchev–Trinajstić information content (AvgIpc) is 2.69. The SMILES string of the molecule is Cc1cc(NC(=O)C(=O)N2CC(C)CCC2c2cccc(S(C)(=O)=O)c2)cnc1C. The predicted octanol–water partition coefficient (Wildman–Crippen LogP) is 3.04. The number of aryl methyl sites for hydroxylation is 2. The monoisotopic (exact) mass is 429 g/mol. The fraction of sp³-hybridized carbons (Fsp3) is 0.409. The molecule has 0 saturated carbocycles. The van der Waals surface area contributed by atoms with E-state index in [2.05, 4.69) is 10.3 Å². The Labute approximate surface area is 177 Å². The molecule has 0 radical (unpaired) electrons. The number of likely N-dealkylation sites (tertiary alicyclic amines) is 1. The number of nitrogens with one attached hydrogen (secondary N) is 1. The number of sulfone groups is 1. The lowest BCUT2D eigenvalue weighted by atomic mass is 9.90. The van der Waals surface area contributed by atoms with Crippen molar-refractivity contribution in [3.05, 3.63) is 53.3 Å². The molecule has 2 unspecified atom stereocenters. The van der Waals surface area contributed by atoms with E-state index >= 15 is 0 Å². The van der Waals surface area contributed by atoms with Crippen LogP contribution >= 0.6 is 0 Å². The molecule has 7 nitrogen and oxygen atoms in total. The summed E-state index contributed by atoms with van der Waals surface area (Å²) < 4.78 is 23.9. The summed E-state index contributed by atoms with van der Waals surface area (Å²) in [5, 5.41) is 2.64. The first-order valence-corrected chi connectivity index (χ1v) is 11.8. The van der Waals surface area contributed by atoms with Gasteiger partial charge < -0.3 is 10.2 Å². The van der Waals surface area contributed by atoms with Gasteiger partial charge in [0.2, 0.25) is 0 Å².